The van der Waals surface area contributed by atoms with Crippen molar-refractivity contribution in [3.05, 3.63) is 42.5 Å². The van der Waals surface area contributed by atoms with Crippen molar-refractivity contribution >= 4 is 28.3 Å². The Morgan fingerprint density at radius 1 is 1.08 bits per heavy atom. The minimum atomic E-state index is -0.947. The lowest BCUT2D eigenvalue weighted by Gasteiger charge is -2.35. The van der Waals surface area contributed by atoms with E-state index in [1.165, 1.54) is 0 Å². The lowest BCUT2D eigenvalue weighted by Crippen LogP contribution is -2.52. The zero-order valence-electron chi connectivity index (χ0n) is 14.3. The number of fused-ring (bicyclic) bond motifs is 1. The number of piperazine rings is 1. The lowest BCUT2D eigenvalue weighted by atomic mass is 10.1. The van der Waals surface area contributed by atoms with Crippen molar-refractivity contribution in [3.8, 4) is 0 Å². The van der Waals surface area contributed by atoms with E-state index in [0.29, 0.717) is 18.8 Å². The van der Waals surface area contributed by atoms with Gasteiger partial charge in [-0.15, -0.1) is 0 Å². The Morgan fingerprint density at radius 2 is 1.76 bits per heavy atom. The summed E-state index contributed by atoms with van der Waals surface area (Å²) in [6.07, 6.45) is -0.0533. The third-order valence-corrected chi connectivity index (χ3v) is 4.71. The summed E-state index contributed by atoms with van der Waals surface area (Å²) in [7, 11) is 2.01. The molecule has 0 unspecified atom stereocenters. The van der Waals surface area contributed by atoms with Gasteiger partial charge in [0.25, 0.3) is 0 Å². The van der Waals surface area contributed by atoms with Crippen LogP contribution in [0, 0.1) is 0 Å². The first-order valence-corrected chi connectivity index (χ1v) is 8.47. The number of amides is 1. The van der Waals surface area contributed by atoms with Gasteiger partial charge in [0.05, 0.1) is 6.42 Å². The van der Waals surface area contributed by atoms with Crippen LogP contribution in [0.2, 0.25) is 0 Å². The van der Waals surface area contributed by atoms with Crippen LogP contribution in [-0.4, -0.2) is 66.1 Å². The molecule has 0 aliphatic carbocycles. The highest BCUT2D eigenvalue weighted by Crippen LogP contribution is 2.23. The number of nitrogens with zero attached hydrogens (tertiary/aromatic N) is 2. The van der Waals surface area contributed by atoms with Crippen molar-refractivity contribution in [2.75, 3.05) is 38.5 Å². The van der Waals surface area contributed by atoms with Crippen molar-refractivity contribution in [3.63, 3.8) is 0 Å². The second-order valence-corrected chi connectivity index (χ2v) is 6.47. The maximum atomic E-state index is 12.5. The van der Waals surface area contributed by atoms with Gasteiger partial charge in [-0.3, -0.25) is 14.5 Å². The maximum absolute atomic E-state index is 12.5. The van der Waals surface area contributed by atoms with Crippen LogP contribution in [0.3, 0.4) is 0 Å². The molecule has 0 spiro atoms. The van der Waals surface area contributed by atoms with Gasteiger partial charge in [-0.25, -0.2) is 0 Å². The first-order valence-electron chi connectivity index (χ1n) is 8.47. The molecule has 1 fully saturated rings. The van der Waals surface area contributed by atoms with E-state index < -0.39 is 12.0 Å². The minimum Gasteiger partial charge on any atom is -0.480 e. The first kappa shape index (κ1) is 17.4. The van der Waals surface area contributed by atoms with Crippen LogP contribution in [0.4, 0.5) is 5.69 Å². The first-order chi connectivity index (χ1) is 12.0. The average Bonchev–Trinajstić information content (AvgIpc) is 2.61. The quantitative estimate of drug-likeness (QED) is 0.869. The zero-order chi connectivity index (χ0) is 17.8. The summed E-state index contributed by atoms with van der Waals surface area (Å²) in [6.45, 7) is 2.95. The van der Waals surface area contributed by atoms with Gasteiger partial charge in [0.1, 0.15) is 6.04 Å². The summed E-state index contributed by atoms with van der Waals surface area (Å²) in [6, 6.07) is 12.7. The fourth-order valence-electron chi connectivity index (χ4n) is 3.22. The number of anilines is 1. The van der Waals surface area contributed by atoms with E-state index in [0.717, 1.165) is 23.9 Å². The van der Waals surface area contributed by atoms with Crippen molar-refractivity contribution < 1.29 is 14.7 Å². The van der Waals surface area contributed by atoms with Gasteiger partial charge in [0.2, 0.25) is 5.91 Å². The van der Waals surface area contributed by atoms with Gasteiger partial charge in [-0.05, 0) is 18.5 Å². The van der Waals surface area contributed by atoms with Crippen molar-refractivity contribution in [2.45, 2.75) is 12.5 Å². The lowest BCUT2D eigenvalue weighted by molar-refractivity contribution is -0.145. The minimum absolute atomic E-state index is 0.0533. The summed E-state index contributed by atoms with van der Waals surface area (Å²) in [5.74, 6) is -1.22. The summed E-state index contributed by atoms with van der Waals surface area (Å²) in [5.41, 5.74) is 0.714. The molecule has 132 valence electrons. The maximum Gasteiger partial charge on any atom is 0.321 e. The molecule has 25 heavy (non-hydrogen) atoms. The molecule has 0 radical (unpaired) electrons. The largest absolute Gasteiger partial charge is 0.480 e. The summed E-state index contributed by atoms with van der Waals surface area (Å²) < 4.78 is 0. The van der Waals surface area contributed by atoms with Crippen LogP contribution >= 0.6 is 0 Å². The van der Waals surface area contributed by atoms with Gasteiger partial charge in [0, 0.05) is 37.3 Å². The number of likely N-dealkylation sites (N-methyl/N-ethyl adjacent to an activating group) is 1. The number of hydrogen-bond donors (Lipinski definition) is 2. The second kappa shape index (κ2) is 7.63. The second-order valence-electron chi connectivity index (χ2n) is 6.47. The van der Waals surface area contributed by atoms with Gasteiger partial charge >= 0.3 is 5.97 Å². The summed E-state index contributed by atoms with van der Waals surface area (Å²) in [5, 5.41) is 14.4. The number of hydrogen-bond acceptors (Lipinski definition) is 4. The van der Waals surface area contributed by atoms with Gasteiger partial charge in [0.15, 0.2) is 0 Å². The Kier molecular flexibility index (Phi) is 5.31. The number of carboxylic acids is 1. The molecule has 1 aliphatic heterocycles. The number of aliphatic carboxylic acids is 1. The van der Waals surface area contributed by atoms with E-state index in [2.05, 4.69) is 10.2 Å². The Bertz CT molecular complexity index is 764. The highest BCUT2D eigenvalue weighted by atomic mass is 16.4. The van der Waals surface area contributed by atoms with Crippen LogP contribution < -0.4 is 5.32 Å². The molecule has 0 saturated carbocycles. The Morgan fingerprint density at radius 3 is 2.48 bits per heavy atom. The molecular weight excluding hydrogens is 318 g/mol. The van der Waals surface area contributed by atoms with Crippen molar-refractivity contribution in [2.24, 2.45) is 0 Å². The number of benzene rings is 2. The Labute approximate surface area is 147 Å². The van der Waals surface area contributed by atoms with Crippen LogP contribution in [0.15, 0.2) is 42.5 Å². The van der Waals surface area contributed by atoms with Crippen molar-refractivity contribution in [1.29, 1.82) is 0 Å². The fraction of sp³-hybridized carbons (Fsp3) is 0.368. The van der Waals surface area contributed by atoms with Crippen LogP contribution in [0.25, 0.3) is 10.8 Å². The van der Waals surface area contributed by atoms with Gasteiger partial charge in [-0.2, -0.15) is 0 Å². The number of carbonyl (C=O) groups is 2. The molecule has 2 aromatic rings. The molecule has 0 bridgehead atoms. The molecule has 1 aliphatic rings. The predicted molar refractivity (Wildman–Crippen MR) is 97.7 cm³/mol. The van der Waals surface area contributed by atoms with E-state index in [-0.39, 0.29) is 12.3 Å². The topological polar surface area (TPSA) is 72.9 Å². The van der Waals surface area contributed by atoms with Crippen LogP contribution in [0.5, 0.6) is 0 Å². The molecule has 2 aromatic carbocycles. The Balaban J connectivity index is 1.70. The molecule has 0 aromatic heterocycles. The fourth-order valence-corrected chi connectivity index (χ4v) is 3.22. The highest BCUT2D eigenvalue weighted by Gasteiger charge is 2.30. The predicted octanol–water partition coefficient (Wildman–Crippen LogP) is 1.87. The van der Waals surface area contributed by atoms with Crippen molar-refractivity contribution in [1.82, 2.24) is 9.80 Å². The molecule has 3 rings (SSSR count). The zero-order valence-corrected chi connectivity index (χ0v) is 14.3. The molecule has 1 heterocycles. The van der Waals surface area contributed by atoms with E-state index in [1.54, 1.807) is 0 Å². The monoisotopic (exact) mass is 341 g/mol. The smallest absolute Gasteiger partial charge is 0.321 e. The normalized spacial score (nSPS) is 17.3. The molecule has 6 nitrogen and oxygen atoms in total. The molecule has 1 amide bonds. The van der Waals surface area contributed by atoms with Crippen LogP contribution in [-0.2, 0) is 9.59 Å². The van der Waals surface area contributed by atoms with E-state index in [9.17, 15) is 14.7 Å². The SMILES string of the molecule is CN1CCN([C@@H](CC(=O)Nc2cccc3ccccc23)C(=O)O)CC1. The van der Waals surface area contributed by atoms with E-state index in [4.69, 9.17) is 0 Å². The molecule has 6 heteroatoms. The molecule has 2 N–H and O–H groups in total. The molecular formula is C19H23N3O3. The van der Waals surface area contributed by atoms with E-state index >= 15 is 0 Å². The number of carboxylic acid groups (broad SMARTS) is 1. The standard InChI is InChI=1S/C19H23N3O3/c1-21-9-11-22(12-10-21)17(19(24)25)13-18(23)20-16-8-4-6-14-5-2-3-7-15(14)16/h2-8,17H,9-13H2,1H3,(H,20,23)(H,24,25)/t17-/m0/s1. The summed E-state index contributed by atoms with van der Waals surface area (Å²) in [4.78, 5) is 28.2. The molecule has 1 atom stereocenters. The summed E-state index contributed by atoms with van der Waals surface area (Å²) >= 11 is 0. The van der Waals surface area contributed by atoms with Gasteiger partial charge in [-0.1, -0.05) is 36.4 Å². The van der Waals surface area contributed by atoms with Crippen LogP contribution in [0.1, 0.15) is 6.42 Å². The average molecular weight is 341 g/mol. The Hall–Kier alpha value is -2.44. The highest BCUT2D eigenvalue weighted by molar-refractivity contribution is 6.03. The van der Waals surface area contributed by atoms with Gasteiger partial charge < -0.3 is 15.3 Å². The number of rotatable bonds is 5. The van der Waals surface area contributed by atoms with E-state index in [1.807, 2.05) is 54.4 Å². The molecule has 1 saturated heterocycles. The third kappa shape index (κ3) is 4.15. The number of nitrogens with one attached hydrogen (secondary N) is 1. The number of carbonyl (C=O) groups excluding carboxylic acids is 1. The third-order valence-electron chi connectivity index (χ3n) is 4.71.